The highest BCUT2D eigenvalue weighted by atomic mass is 15.1. The zero-order valence-electron chi connectivity index (χ0n) is 54.0. The molecule has 4 aliphatic carbocycles. The Morgan fingerprint density at radius 1 is 0.442 bits per heavy atom. The van der Waals surface area contributed by atoms with Crippen molar-refractivity contribution in [3.05, 3.63) is 195 Å². The van der Waals surface area contributed by atoms with Gasteiger partial charge in [-0.05, 0) is 221 Å². The van der Waals surface area contributed by atoms with Crippen LogP contribution < -0.4 is 16.4 Å². The fourth-order valence-electron chi connectivity index (χ4n) is 19.0. The molecule has 432 valence electrons. The van der Waals surface area contributed by atoms with Crippen molar-refractivity contribution in [2.45, 2.75) is 200 Å². The van der Waals surface area contributed by atoms with Crippen molar-refractivity contribution in [3.63, 3.8) is 0 Å². The standard InChI is InChI=1S/C83H87BN2/c1-77(2,3)54-27-23-50(24-28-54)68-69-70-63(81(11,12)41-42-82(70,13)14)47-66-76(69)85(72(68)51-25-29-55(30-26-51)78(4,5)6)67-32-31-62-75-71(67)84(66)65-46-53(49-35-39-80(9,10)40-36-49)44-59-58-43-52(48-33-37-79(7,8)38-34-48)45-64(73(58)86(75)74(59)65)83(62)60-21-17-15-19-56(60)57-20-16-18-22-61(57)83/h15-32,43-49H,33-42H2,1-14H3. The Hall–Kier alpha value is -6.84. The molecule has 1 spiro atoms. The lowest BCUT2D eigenvalue weighted by Crippen LogP contribution is -2.61. The quantitative estimate of drug-likeness (QED) is 0.155. The number of nitrogens with zero attached hydrogens (tertiary/aromatic N) is 2. The molecular weight excluding hydrogens is 1040 g/mol. The Morgan fingerprint density at radius 3 is 1.52 bits per heavy atom. The molecule has 5 heterocycles. The monoisotopic (exact) mass is 1120 g/mol. The summed E-state index contributed by atoms with van der Waals surface area (Å²) in [6.45, 7) is 34.5. The van der Waals surface area contributed by atoms with Gasteiger partial charge in [-0.2, -0.15) is 0 Å². The topological polar surface area (TPSA) is 9.86 Å². The fraction of sp³-hybridized carbons (Fsp3) is 0.398. The van der Waals surface area contributed by atoms with Crippen LogP contribution in [0.3, 0.4) is 0 Å². The summed E-state index contributed by atoms with van der Waals surface area (Å²) in [6.07, 6.45) is 12.3. The lowest BCUT2D eigenvalue weighted by molar-refractivity contribution is 0.224. The largest absolute Gasteiger partial charge is 0.310 e. The highest BCUT2D eigenvalue weighted by molar-refractivity contribution is 7.00. The maximum Gasteiger partial charge on any atom is 0.252 e. The molecule has 86 heavy (non-hydrogen) atoms. The van der Waals surface area contributed by atoms with Gasteiger partial charge in [0, 0.05) is 44.1 Å². The van der Waals surface area contributed by atoms with E-state index in [1.165, 1.54) is 179 Å². The number of fused-ring (bicyclic) bond motifs is 13. The Balaban J connectivity index is 1.08. The first-order valence-corrected chi connectivity index (χ1v) is 33.4. The van der Waals surface area contributed by atoms with Crippen molar-refractivity contribution in [1.82, 2.24) is 9.13 Å². The molecule has 0 radical (unpaired) electrons. The van der Waals surface area contributed by atoms with E-state index < -0.39 is 5.41 Å². The van der Waals surface area contributed by atoms with E-state index in [1.807, 2.05) is 0 Å². The van der Waals surface area contributed by atoms with Gasteiger partial charge in [0.05, 0.1) is 16.6 Å². The lowest BCUT2D eigenvalue weighted by atomic mass is 9.33. The van der Waals surface area contributed by atoms with Crippen molar-refractivity contribution in [2.75, 3.05) is 0 Å². The molecule has 0 saturated heterocycles. The van der Waals surface area contributed by atoms with Gasteiger partial charge < -0.3 is 9.13 Å². The van der Waals surface area contributed by atoms with Crippen LogP contribution in [0.25, 0.3) is 77.6 Å². The van der Waals surface area contributed by atoms with Crippen LogP contribution >= 0.6 is 0 Å². The Labute approximate surface area is 512 Å². The van der Waals surface area contributed by atoms with Gasteiger partial charge in [0.2, 0.25) is 0 Å². The van der Waals surface area contributed by atoms with E-state index in [0.29, 0.717) is 22.7 Å². The van der Waals surface area contributed by atoms with Gasteiger partial charge in [-0.1, -0.05) is 218 Å². The van der Waals surface area contributed by atoms with Crippen LogP contribution in [0.5, 0.6) is 0 Å². The summed E-state index contributed by atoms with van der Waals surface area (Å²) < 4.78 is 5.76. The van der Waals surface area contributed by atoms with Crippen LogP contribution in [-0.2, 0) is 27.1 Å². The van der Waals surface area contributed by atoms with Crippen molar-refractivity contribution in [3.8, 4) is 44.9 Å². The number of aromatic nitrogens is 2. The zero-order valence-corrected chi connectivity index (χ0v) is 54.0. The maximum atomic E-state index is 2.90. The second-order valence-corrected chi connectivity index (χ2v) is 33.4. The first kappa shape index (κ1) is 53.4. The van der Waals surface area contributed by atoms with Crippen molar-refractivity contribution >= 4 is 55.8 Å². The van der Waals surface area contributed by atoms with Crippen LogP contribution in [-0.4, -0.2) is 15.8 Å². The maximum absolute atomic E-state index is 2.90. The van der Waals surface area contributed by atoms with Gasteiger partial charge in [0.1, 0.15) is 0 Å². The molecule has 2 nitrogen and oxygen atoms in total. The van der Waals surface area contributed by atoms with E-state index in [2.05, 4.69) is 246 Å². The van der Waals surface area contributed by atoms with E-state index in [0.717, 1.165) is 12.8 Å². The van der Waals surface area contributed by atoms with E-state index in [-0.39, 0.29) is 28.4 Å². The van der Waals surface area contributed by atoms with Gasteiger partial charge in [-0.3, -0.25) is 0 Å². The zero-order chi connectivity index (χ0) is 59.3. The van der Waals surface area contributed by atoms with Crippen LogP contribution in [0.2, 0.25) is 0 Å². The molecule has 0 atom stereocenters. The minimum absolute atomic E-state index is 0.00746. The summed E-state index contributed by atoms with van der Waals surface area (Å²) in [6, 6.07) is 58.1. The lowest BCUT2D eigenvalue weighted by Gasteiger charge is -2.46. The summed E-state index contributed by atoms with van der Waals surface area (Å²) in [4.78, 5) is 0. The van der Waals surface area contributed by atoms with Gasteiger partial charge >= 0.3 is 0 Å². The average molecular weight is 1120 g/mol. The molecule has 3 heteroatoms. The van der Waals surface area contributed by atoms with Crippen LogP contribution in [0.4, 0.5) is 0 Å². The van der Waals surface area contributed by atoms with Crippen molar-refractivity contribution in [1.29, 1.82) is 0 Å². The number of hydrogen-bond acceptors (Lipinski definition) is 0. The molecule has 8 aromatic carbocycles. The number of hydrogen-bond donors (Lipinski definition) is 0. The average Bonchev–Trinajstić information content (AvgIpc) is 1.42. The number of benzene rings is 8. The first-order valence-electron chi connectivity index (χ1n) is 33.4. The second-order valence-electron chi connectivity index (χ2n) is 33.4. The summed E-state index contributed by atoms with van der Waals surface area (Å²) >= 11 is 0. The van der Waals surface area contributed by atoms with E-state index in [9.17, 15) is 0 Å². The summed E-state index contributed by atoms with van der Waals surface area (Å²) in [5, 5.41) is 4.42. The molecule has 10 aromatic rings. The summed E-state index contributed by atoms with van der Waals surface area (Å²) in [5.74, 6) is 1.04. The highest BCUT2D eigenvalue weighted by Gasteiger charge is 2.56. The number of rotatable bonds is 4. The third kappa shape index (κ3) is 7.10. The Bertz CT molecular complexity index is 4540. The molecule has 0 N–H and O–H groups in total. The smallest absolute Gasteiger partial charge is 0.252 e. The molecule has 0 amide bonds. The fourth-order valence-corrected chi connectivity index (χ4v) is 19.0. The predicted octanol–water partition coefficient (Wildman–Crippen LogP) is 20.2. The summed E-state index contributed by atoms with van der Waals surface area (Å²) in [7, 11) is 0. The highest BCUT2D eigenvalue weighted by Crippen LogP contribution is 2.63. The van der Waals surface area contributed by atoms with E-state index in [1.54, 1.807) is 22.3 Å². The molecule has 17 rings (SSSR count). The van der Waals surface area contributed by atoms with Crippen molar-refractivity contribution < 1.29 is 0 Å². The molecule has 2 saturated carbocycles. The van der Waals surface area contributed by atoms with Gasteiger partial charge in [0.15, 0.2) is 0 Å². The van der Waals surface area contributed by atoms with Crippen molar-refractivity contribution in [2.24, 2.45) is 10.8 Å². The molecular formula is C83H87BN2. The summed E-state index contributed by atoms with van der Waals surface area (Å²) in [5.41, 5.74) is 34.6. The third-order valence-corrected chi connectivity index (χ3v) is 24.1. The normalized spacial score (nSPS) is 19.9. The Morgan fingerprint density at radius 2 is 0.953 bits per heavy atom. The molecule has 0 unspecified atom stereocenters. The SMILES string of the molecule is CC1(C)CCC(c2cc3c4c(c2)c2cc(C5CCC(C)(C)CC5)cc5c2n4-c2c(ccc4c2B3c2cc3c(c6c(-c7ccc(C(C)(C)C)cc7)c(-c7ccc(C(C)(C)C)cc7)n-4c26)C(C)(C)CCC3(C)C)C52c3ccccc3-c3ccccc32)CC1. The molecule has 2 fully saturated rings. The van der Waals surface area contributed by atoms with Gasteiger partial charge in [0.25, 0.3) is 6.71 Å². The molecule has 3 aliphatic heterocycles. The minimum atomic E-state index is -0.538. The van der Waals surface area contributed by atoms with Gasteiger partial charge in [-0.25, -0.2) is 0 Å². The minimum Gasteiger partial charge on any atom is -0.310 e. The van der Waals surface area contributed by atoms with Crippen LogP contribution in [0.1, 0.15) is 229 Å². The molecule has 0 bridgehead atoms. The van der Waals surface area contributed by atoms with Crippen LogP contribution in [0, 0.1) is 10.8 Å². The Kier molecular flexibility index (Phi) is 10.7. The molecule has 2 aromatic heterocycles. The van der Waals surface area contributed by atoms with Crippen LogP contribution in [0.15, 0.2) is 140 Å². The second kappa shape index (κ2) is 17.3. The predicted molar refractivity (Wildman–Crippen MR) is 367 cm³/mol. The molecule has 7 aliphatic rings. The van der Waals surface area contributed by atoms with E-state index in [4.69, 9.17) is 0 Å². The first-order chi connectivity index (χ1) is 40.9. The third-order valence-electron chi connectivity index (χ3n) is 24.1. The van der Waals surface area contributed by atoms with Gasteiger partial charge in [-0.15, -0.1) is 0 Å². The van der Waals surface area contributed by atoms with E-state index >= 15 is 0 Å².